The van der Waals surface area contributed by atoms with Gasteiger partial charge in [-0.2, -0.15) is 8.42 Å². The average Bonchev–Trinajstić information content (AvgIpc) is 2.47. The Hall–Kier alpha value is -0.690. The van der Waals surface area contributed by atoms with Crippen molar-refractivity contribution in [3.8, 4) is 0 Å². The van der Waals surface area contributed by atoms with Gasteiger partial charge < -0.3 is 0 Å². The molecular weight excluding hydrogens is 246 g/mol. The van der Waals surface area contributed by atoms with Gasteiger partial charge in [0.05, 0.1) is 15.7 Å². The molecule has 76 valence electrons. The van der Waals surface area contributed by atoms with Crippen molar-refractivity contribution in [2.75, 3.05) is 0 Å². The number of aromatic nitrogens is 1. The molecule has 0 saturated heterocycles. The van der Waals surface area contributed by atoms with Crippen molar-refractivity contribution in [3.63, 3.8) is 0 Å². The first kappa shape index (κ1) is 11.4. The Kier molecular flexibility index (Phi) is 3.82. The van der Waals surface area contributed by atoms with Gasteiger partial charge in [-0.3, -0.25) is 4.55 Å². The number of nitrogens with zero attached hydrogens (tertiary/aromatic N) is 1. The number of thiazole rings is 1. The highest BCUT2D eigenvalue weighted by atomic mass is 35.7. The van der Waals surface area contributed by atoms with Crippen LogP contribution in [0.15, 0.2) is 29.8 Å². The topological polar surface area (TPSA) is 67.3 Å². The molecule has 4 nitrogen and oxygen atoms in total. The second kappa shape index (κ2) is 4.70. The van der Waals surface area contributed by atoms with E-state index in [9.17, 15) is 0 Å². The summed E-state index contributed by atoms with van der Waals surface area (Å²) in [5.74, 6) is 0. The molecule has 0 radical (unpaired) electrons. The first-order valence-electron chi connectivity index (χ1n) is 3.42. The van der Waals surface area contributed by atoms with Gasteiger partial charge in [-0.05, 0) is 12.1 Å². The van der Waals surface area contributed by atoms with E-state index in [0.29, 0.717) is 0 Å². The van der Waals surface area contributed by atoms with E-state index in [1.165, 1.54) is 4.70 Å². The normalized spacial score (nSPS) is 10.7. The van der Waals surface area contributed by atoms with Crippen LogP contribution in [0.25, 0.3) is 10.2 Å². The van der Waals surface area contributed by atoms with Gasteiger partial charge in [0.2, 0.25) is 0 Å². The summed E-state index contributed by atoms with van der Waals surface area (Å²) in [6.07, 6.45) is 0. The summed E-state index contributed by atoms with van der Waals surface area (Å²) in [4.78, 5) is 4.14. The third-order valence-electron chi connectivity index (χ3n) is 1.24. The van der Waals surface area contributed by atoms with Gasteiger partial charge in [0.15, 0.2) is 0 Å². The molecule has 0 aliphatic carbocycles. The molecule has 0 fully saturated rings. The lowest BCUT2D eigenvalue weighted by Crippen LogP contribution is -1.77. The lowest BCUT2D eigenvalue weighted by molar-refractivity contribution is 0.501. The fourth-order valence-corrected chi connectivity index (χ4v) is 1.48. The Bertz CT molecular complexity index is 470. The van der Waals surface area contributed by atoms with Crippen LogP contribution in [0.5, 0.6) is 0 Å². The highest BCUT2D eigenvalue weighted by Gasteiger charge is 1.89. The number of para-hydroxylation sites is 1. The first-order chi connectivity index (χ1) is 6.47. The molecule has 2 rings (SSSR count). The third-order valence-corrected chi connectivity index (χ3v) is 2.05. The van der Waals surface area contributed by atoms with E-state index < -0.39 is 9.33 Å². The van der Waals surface area contributed by atoms with Crippen LogP contribution in [0.2, 0.25) is 0 Å². The minimum absolute atomic E-state index is 1.10. The van der Waals surface area contributed by atoms with Crippen molar-refractivity contribution in [1.29, 1.82) is 0 Å². The molecule has 1 aromatic carbocycles. The zero-order valence-corrected chi connectivity index (χ0v) is 9.18. The molecule has 0 amide bonds. The molecule has 1 N–H and O–H groups in total. The maximum absolute atomic E-state index is 8.95. The van der Waals surface area contributed by atoms with Crippen molar-refractivity contribution in [2.45, 2.75) is 0 Å². The Labute approximate surface area is 89.4 Å². The third kappa shape index (κ3) is 4.52. The van der Waals surface area contributed by atoms with Crippen LogP contribution in [-0.4, -0.2) is 18.0 Å². The fraction of sp³-hybridized carbons (Fsp3) is 0. The van der Waals surface area contributed by atoms with Gasteiger partial charge in [-0.15, -0.1) is 11.3 Å². The minimum atomic E-state index is -4.19. The van der Waals surface area contributed by atoms with Crippen molar-refractivity contribution in [1.82, 2.24) is 4.98 Å². The van der Waals surface area contributed by atoms with Crippen LogP contribution in [0.1, 0.15) is 0 Å². The monoisotopic (exact) mass is 251 g/mol. The second-order valence-electron chi connectivity index (χ2n) is 2.23. The van der Waals surface area contributed by atoms with Crippen molar-refractivity contribution in [3.05, 3.63) is 29.8 Å². The number of hydrogen-bond donors (Lipinski definition) is 1. The maximum Gasteiger partial charge on any atom is 0.353 e. The van der Waals surface area contributed by atoms with Gasteiger partial charge in [-0.25, -0.2) is 4.98 Å². The Morgan fingerprint density at radius 3 is 2.50 bits per heavy atom. The van der Waals surface area contributed by atoms with Gasteiger partial charge in [0.1, 0.15) is 0 Å². The summed E-state index contributed by atoms with van der Waals surface area (Å²) in [5, 5.41) is 0. The summed E-state index contributed by atoms with van der Waals surface area (Å²) >= 11 is 1.68. The number of rotatable bonds is 0. The van der Waals surface area contributed by atoms with E-state index in [2.05, 4.69) is 21.7 Å². The predicted octanol–water partition coefficient (Wildman–Crippen LogP) is 2.32. The molecule has 0 spiro atoms. The zero-order valence-electron chi connectivity index (χ0n) is 6.79. The van der Waals surface area contributed by atoms with E-state index in [1.807, 2.05) is 23.7 Å². The zero-order chi connectivity index (χ0) is 10.6. The largest absolute Gasteiger partial charge is 0.353 e. The summed E-state index contributed by atoms with van der Waals surface area (Å²) < 4.78 is 26.4. The fourth-order valence-electron chi connectivity index (χ4n) is 0.803. The minimum Gasteiger partial charge on any atom is -0.273 e. The highest BCUT2D eigenvalue weighted by molar-refractivity contribution is 8.09. The molecule has 0 unspecified atom stereocenters. The summed E-state index contributed by atoms with van der Waals surface area (Å²) in [6, 6.07) is 8.13. The summed E-state index contributed by atoms with van der Waals surface area (Å²) in [6.45, 7) is 0. The predicted molar refractivity (Wildman–Crippen MR) is 57.0 cm³/mol. The van der Waals surface area contributed by atoms with Crippen molar-refractivity contribution >= 4 is 41.6 Å². The molecule has 0 atom stereocenters. The lowest BCUT2D eigenvalue weighted by atomic mass is 10.3. The van der Waals surface area contributed by atoms with Gasteiger partial charge >= 0.3 is 9.33 Å². The quantitative estimate of drug-likeness (QED) is 0.576. The highest BCUT2D eigenvalue weighted by Crippen LogP contribution is 2.15. The number of benzene rings is 1. The Balaban J connectivity index is 0.000000171. The van der Waals surface area contributed by atoms with Crippen LogP contribution in [0.3, 0.4) is 0 Å². The molecule has 1 aromatic heterocycles. The number of hydrogen-bond acceptors (Lipinski definition) is 4. The van der Waals surface area contributed by atoms with E-state index in [0.717, 1.165) is 5.52 Å². The molecule has 1 heterocycles. The van der Waals surface area contributed by atoms with Crippen LogP contribution in [0, 0.1) is 0 Å². The Morgan fingerprint density at radius 2 is 1.93 bits per heavy atom. The standard InChI is InChI=1S/C7H5NS.ClHO3S/c1-2-4-7-6(3-1)8-5-9-7;1-5(2,3)4/h1-5H;(H,2,3,4). The van der Waals surface area contributed by atoms with Gasteiger partial charge in [0.25, 0.3) is 0 Å². The molecule has 14 heavy (non-hydrogen) atoms. The van der Waals surface area contributed by atoms with Crippen molar-refractivity contribution in [2.24, 2.45) is 0 Å². The van der Waals surface area contributed by atoms with E-state index in [-0.39, 0.29) is 0 Å². The molecule has 0 aliphatic heterocycles. The van der Waals surface area contributed by atoms with Crippen LogP contribution < -0.4 is 0 Å². The SMILES string of the molecule is O=S(=O)(O)Cl.c1ccc2scnc2c1. The van der Waals surface area contributed by atoms with Crippen molar-refractivity contribution < 1.29 is 13.0 Å². The molecule has 0 saturated carbocycles. The molecule has 7 heteroatoms. The lowest BCUT2D eigenvalue weighted by Gasteiger charge is -1.80. The molecule has 0 bridgehead atoms. The Morgan fingerprint density at radius 1 is 1.36 bits per heavy atom. The maximum atomic E-state index is 8.95. The molecule has 0 aliphatic rings. The van der Waals surface area contributed by atoms with E-state index in [4.69, 9.17) is 13.0 Å². The van der Waals surface area contributed by atoms with Crippen LogP contribution in [0.4, 0.5) is 0 Å². The molecule has 2 aromatic rings. The molecular formula is C7H6ClNO3S2. The summed E-state index contributed by atoms with van der Waals surface area (Å²) in [5.41, 5.74) is 2.97. The smallest absolute Gasteiger partial charge is 0.273 e. The van der Waals surface area contributed by atoms with E-state index in [1.54, 1.807) is 11.3 Å². The number of halogens is 1. The van der Waals surface area contributed by atoms with Crippen LogP contribution in [-0.2, 0) is 9.33 Å². The van der Waals surface area contributed by atoms with Crippen LogP contribution >= 0.6 is 22.0 Å². The van der Waals surface area contributed by atoms with Gasteiger partial charge in [0, 0.05) is 10.7 Å². The first-order valence-corrected chi connectivity index (χ1v) is 6.57. The second-order valence-corrected chi connectivity index (χ2v) is 5.11. The van der Waals surface area contributed by atoms with Gasteiger partial charge in [-0.1, -0.05) is 12.1 Å². The van der Waals surface area contributed by atoms with E-state index >= 15 is 0 Å². The average molecular weight is 252 g/mol. The summed E-state index contributed by atoms with van der Waals surface area (Å²) in [7, 11) is -0.137. The number of fused-ring (bicyclic) bond motifs is 1.